The molecule has 2 atom stereocenters. The van der Waals surface area contributed by atoms with Gasteiger partial charge in [-0.25, -0.2) is 0 Å². The Balaban J connectivity index is 1.38. The molecule has 0 bridgehead atoms. The van der Waals surface area contributed by atoms with Crippen LogP contribution in [0.15, 0.2) is 51.5 Å². The number of furan rings is 1. The average Bonchev–Trinajstić information content (AvgIpc) is 3.49. The number of oxime groups is 1. The van der Waals surface area contributed by atoms with Gasteiger partial charge < -0.3 is 30.2 Å². The van der Waals surface area contributed by atoms with Gasteiger partial charge in [0.25, 0.3) is 11.8 Å². The molecule has 0 aliphatic carbocycles. The molecule has 2 aliphatic heterocycles. The van der Waals surface area contributed by atoms with Crippen molar-refractivity contribution in [3.8, 4) is 0 Å². The van der Waals surface area contributed by atoms with Crippen LogP contribution in [0.1, 0.15) is 5.82 Å². The Kier molecular flexibility index (Phi) is 5.86. The standard InChI is InChI=1S/C20H17N7O6S2/c1-32-24-11(14-23-20(21)35-25-14)15(28)22-12-16(29)27-13(19(30)31)10(8-34-18(12)27)7-26-5-2-3-9-4-6-33-17(9)26/h2-6,12,18H,7-8H2,1H3,(H3-,21,22,23,25,28,30,31)/t12?,18-/m1/s1. The van der Waals surface area contributed by atoms with E-state index in [4.69, 9.17) is 15.0 Å². The van der Waals surface area contributed by atoms with E-state index in [1.165, 1.54) is 18.9 Å². The number of carboxylic acids is 1. The lowest BCUT2D eigenvalue weighted by molar-refractivity contribution is -0.669. The average molecular weight is 516 g/mol. The van der Waals surface area contributed by atoms with Crippen LogP contribution in [0.3, 0.4) is 0 Å². The molecule has 0 radical (unpaired) electrons. The number of rotatable bonds is 7. The summed E-state index contributed by atoms with van der Waals surface area (Å²) in [6.07, 6.45) is 3.31. The second kappa shape index (κ2) is 8.99. The van der Waals surface area contributed by atoms with Crippen LogP contribution in [0.25, 0.3) is 11.1 Å². The lowest BCUT2D eigenvalue weighted by Crippen LogP contribution is -2.71. The fourth-order valence-corrected chi connectivity index (χ4v) is 5.70. The quantitative estimate of drug-likeness (QED) is 0.165. The van der Waals surface area contributed by atoms with Gasteiger partial charge in [-0.1, -0.05) is 5.16 Å². The van der Waals surface area contributed by atoms with Crippen LogP contribution in [-0.2, 0) is 25.8 Å². The van der Waals surface area contributed by atoms with Gasteiger partial charge >= 0.3 is 5.71 Å². The molecule has 0 saturated carbocycles. The molecule has 1 saturated heterocycles. The number of nitrogens with zero attached hydrogens (tertiary/aromatic N) is 5. The molecule has 13 nitrogen and oxygen atoms in total. The Morgan fingerprint density at radius 3 is 3.00 bits per heavy atom. The summed E-state index contributed by atoms with van der Waals surface area (Å²) in [7, 11) is 1.25. The summed E-state index contributed by atoms with van der Waals surface area (Å²) in [4.78, 5) is 47.6. The van der Waals surface area contributed by atoms with Gasteiger partial charge in [0.2, 0.25) is 11.5 Å². The van der Waals surface area contributed by atoms with E-state index in [0.29, 0.717) is 17.0 Å². The van der Waals surface area contributed by atoms with Gasteiger partial charge in [-0.3, -0.25) is 14.5 Å². The number of carbonyl (C=O) groups is 3. The van der Waals surface area contributed by atoms with Crippen molar-refractivity contribution in [2.24, 2.45) is 5.16 Å². The third kappa shape index (κ3) is 3.97. The second-order valence-electron chi connectivity index (χ2n) is 7.50. The van der Waals surface area contributed by atoms with Crippen molar-refractivity contribution < 1.29 is 33.3 Å². The predicted molar refractivity (Wildman–Crippen MR) is 121 cm³/mol. The monoisotopic (exact) mass is 515 g/mol. The number of nitrogens with two attached hydrogens (primary N) is 1. The highest BCUT2D eigenvalue weighted by atomic mass is 32.2. The van der Waals surface area contributed by atoms with Gasteiger partial charge in [-0.05, 0) is 12.1 Å². The van der Waals surface area contributed by atoms with Gasteiger partial charge in [-0.2, -0.15) is 13.9 Å². The highest BCUT2D eigenvalue weighted by Crippen LogP contribution is 2.40. The molecule has 0 spiro atoms. The maximum Gasteiger partial charge on any atom is 0.380 e. The van der Waals surface area contributed by atoms with Crippen molar-refractivity contribution in [3.63, 3.8) is 0 Å². The highest BCUT2D eigenvalue weighted by molar-refractivity contribution is 8.00. The van der Waals surface area contributed by atoms with Crippen LogP contribution in [0.4, 0.5) is 5.13 Å². The molecule has 5 heterocycles. The summed E-state index contributed by atoms with van der Waals surface area (Å²) in [5.74, 6) is -2.56. The summed E-state index contributed by atoms with van der Waals surface area (Å²) in [6.45, 7) is 0.191. The number of nitrogen functional groups attached to an aromatic ring is 1. The number of carbonyl (C=O) groups excluding carboxylic acids is 3. The predicted octanol–water partition coefficient (Wildman–Crippen LogP) is -1.39. The zero-order valence-corrected chi connectivity index (χ0v) is 19.7. The van der Waals surface area contributed by atoms with Crippen molar-refractivity contribution >= 4 is 63.0 Å². The van der Waals surface area contributed by atoms with Crippen LogP contribution in [-0.4, -0.2) is 62.0 Å². The Morgan fingerprint density at radius 2 is 2.29 bits per heavy atom. The molecule has 0 aromatic carbocycles. The lowest BCUT2D eigenvalue weighted by Gasteiger charge is -2.50. The number of carboxylic acid groups (broad SMARTS) is 1. The minimum atomic E-state index is -1.47. The number of hydrogen-bond donors (Lipinski definition) is 2. The van der Waals surface area contributed by atoms with E-state index in [2.05, 4.69) is 19.8 Å². The van der Waals surface area contributed by atoms with E-state index >= 15 is 0 Å². The van der Waals surface area contributed by atoms with Crippen LogP contribution >= 0.6 is 23.3 Å². The summed E-state index contributed by atoms with van der Waals surface area (Å²) >= 11 is 2.20. The molecule has 2 aliphatic rings. The van der Waals surface area contributed by atoms with Crippen LogP contribution in [0, 0.1) is 0 Å². The molecule has 180 valence electrons. The topological polar surface area (TPSA) is 180 Å². The first-order valence-corrected chi connectivity index (χ1v) is 12.0. The molecule has 1 fully saturated rings. The Morgan fingerprint density at radius 1 is 1.46 bits per heavy atom. The Hall–Kier alpha value is -3.98. The fourth-order valence-electron chi connectivity index (χ4n) is 3.93. The number of β-lactam (4-membered cyclic amide) rings is 1. The largest absolute Gasteiger partial charge is 0.543 e. The first kappa shape index (κ1) is 22.8. The first-order valence-electron chi connectivity index (χ1n) is 10.1. The van der Waals surface area contributed by atoms with Crippen molar-refractivity contribution in [2.45, 2.75) is 18.0 Å². The number of pyridine rings is 1. The number of fused-ring (bicyclic) bond motifs is 2. The summed E-state index contributed by atoms with van der Waals surface area (Å²) < 4.78 is 11.2. The molecule has 2 amide bonds. The SMILES string of the molecule is CON=C(C(=O)NC1C(=O)N2C(C(=O)[O-])=C(C[n+]3cccc4ccoc43)CS[C@H]12)c1nsc(N)n1. The number of hydrogen-bond acceptors (Lipinski definition) is 12. The van der Waals surface area contributed by atoms with Crippen molar-refractivity contribution in [1.29, 1.82) is 0 Å². The molecule has 3 N–H and O–H groups in total. The smallest absolute Gasteiger partial charge is 0.380 e. The van der Waals surface area contributed by atoms with E-state index < -0.39 is 29.2 Å². The van der Waals surface area contributed by atoms with Crippen LogP contribution < -0.4 is 20.7 Å². The van der Waals surface area contributed by atoms with Crippen molar-refractivity contribution in [2.75, 3.05) is 18.6 Å². The van der Waals surface area contributed by atoms with E-state index in [-0.39, 0.29) is 28.9 Å². The molecule has 15 heteroatoms. The first-order chi connectivity index (χ1) is 16.9. The number of thioether (sulfide) groups is 1. The maximum absolute atomic E-state index is 13.0. The van der Waals surface area contributed by atoms with Crippen molar-refractivity contribution in [1.82, 2.24) is 19.6 Å². The van der Waals surface area contributed by atoms with E-state index in [1.807, 2.05) is 12.1 Å². The zero-order chi connectivity index (χ0) is 24.7. The molecule has 1 unspecified atom stereocenters. The number of aromatic nitrogens is 3. The third-order valence-electron chi connectivity index (χ3n) is 5.42. The fraction of sp³-hybridized carbons (Fsp3) is 0.250. The second-order valence-corrected chi connectivity index (χ2v) is 9.38. The zero-order valence-electron chi connectivity index (χ0n) is 18.0. The summed E-state index contributed by atoms with van der Waals surface area (Å²) in [5, 5.41) is 18.6. The molecule has 3 aromatic rings. The van der Waals surface area contributed by atoms with E-state index in [0.717, 1.165) is 21.8 Å². The Bertz CT molecular complexity index is 1410. The third-order valence-corrected chi connectivity index (χ3v) is 7.30. The number of anilines is 1. The van der Waals surface area contributed by atoms with Gasteiger partial charge in [0.15, 0.2) is 17.9 Å². The van der Waals surface area contributed by atoms with E-state index in [9.17, 15) is 19.5 Å². The van der Waals surface area contributed by atoms with Gasteiger partial charge in [0.05, 0.1) is 23.3 Å². The minimum absolute atomic E-state index is 0.0477. The minimum Gasteiger partial charge on any atom is -0.543 e. The lowest BCUT2D eigenvalue weighted by atomic mass is 10.0. The number of amides is 2. The highest BCUT2D eigenvalue weighted by Gasteiger charge is 2.53. The summed E-state index contributed by atoms with van der Waals surface area (Å²) in [5.41, 5.74) is 6.17. The molecular formula is C20H17N7O6S2. The molecule has 35 heavy (non-hydrogen) atoms. The van der Waals surface area contributed by atoms with Gasteiger partial charge in [0.1, 0.15) is 18.5 Å². The Labute approximate surface area is 205 Å². The summed E-state index contributed by atoms with van der Waals surface area (Å²) in [6, 6.07) is 4.51. The molecule has 3 aromatic heterocycles. The number of nitrogens with one attached hydrogen (secondary N) is 1. The van der Waals surface area contributed by atoms with Crippen LogP contribution in [0.2, 0.25) is 0 Å². The van der Waals surface area contributed by atoms with Gasteiger partial charge in [-0.15, -0.1) is 11.8 Å². The van der Waals surface area contributed by atoms with Crippen LogP contribution in [0.5, 0.6) is 0 Å². The molecular weight excluding hydrogens is 498 g/mol. The van der Waals surface area contributed by atoms with E-state index in [1.54, 1.807) is 23.1 Å². The number of aliphatic carboxylic acids is 1. The van der Waals surface area contributed by atoms with Crippen molar-refractivity contribution in [3.05, 3.63) is 47.8 Å². The normalized spacial score (nSPS) is 20.0. The maximum atomic E-state index is 13.0. The van der Waals surface area contributed by atoms with Gasteiger partial charge in [0, 0.05) is 28.9 Å². The molecule has 5 rings (SSSR count).